The third-order valence-electron chi connectivity index (χ3n) is 7.10. The molecule has 1 heterocycles. The maximum Gasteiger partial charge on any atom is 0.226 e. The molecule has 0 bridgehead atoms. The maximum atomic E-state index is 13.3. The van der Waals surface area contributed by atoms with E-state index in [9.17, 15) is 9.59 Å². The minimum atomic E-state index is -0.0214. The third kappa shape index (κ3) is 4.26. The van der Waals surface area contributed by atoms with Crippen LogP contribution in [0.25, 0.3) is 0 Å². The molecule has 0 radical (unpaired) electrons. The minimum Gasteiger partial charge on any atom is -0.353 e. The SMILES string of the molecule is O=C(NC[C@@H]1c2ccccc2CCN1C(=O)C1CCCCC1)C1CCCCC1. The van der Waals surface area contributed by atoms with E-state index in [1.165, 1.54) is 36.8 Å². The number of carbonyl (C=O) groups is 2. The Morgan fingerprint density at radius 2 is 1.54 bits per heavy atom. The molecule has 4 nitrogen and oxygen atoms in total. The van der Waals surface area contributed by atoms with Gasteiger partial charge in [-0.05, 0) is 43.2 Å². The largest absolute Gasteiger partial charge is 0.353 e. The fourth-order valence-electron chi connectivity index (χ4n) is 5.43. The number of rotatable bonds is 4. The van der Waals surface area contributed by atoms with Gasteiger partial charge in [0.25, 0.3) is 0 Å². The van der Waals surface area contributed by atoms with E-state index in [0.29, 0.717) is 12.5 Å². The van der Waals surface area contributed by atoms with E-state index < -0.39 is 0 Å². The van der Waals surface area contributed by atoms with E-state index in [2.05, 4.69) is 34.5 Å². The van der Waals surface area contributed by atoms with Gasteiger partial charge in [0.05, 0.1) is 6.04 Å². The van der Waals surface area contributed by atoms with E-state index in [1.54, 1.807) is 0 Å². The van der Waals surface area contributed by atoms with Gasteiger partial charge in [-0.25, -0.2) is 0 Å². The number of nitrogens with zero attached hydrogens (tertiary/aromatic N) is 1. The maximum absolute atomic E-state index is 13.3. The van der Waals surface area contributed by atoms with Gasteiger partial charge in [-0.3, -0.25) is 9.59 Å². The topological polar surface area (TPSA) is 49.4 Å². The monoisotopic (exact) mass is 382 g/mol. The van der Waals surface area contributed by atoms with Gasteiger partial charge in [-0.1, -0.05) is 62.8 Å². The molecule has 1 aliphatic heterocycles. The number of hydrogen-bond acceptors (Lipinski definition) is 2. The highest BCUT2D eigenvalue weighted by atomic mass is 16.2. The zero-order valence-corrected chi connectivity index (χ0v) is 17.0. The second-order valence-electron chi connectivity index (χ2n) is 8.91. The smallest absolute Gasteiger partial charge is 0.226 e. The van der Waals surface area contributed by atoms with Crippen molar-refractivity contribution in [3.63, 3.8) is 0 Å². The van der Waals surface area contributed by atoms with Crippen LogP contribution in [-0.2, 0) is 16.0 Å². The molecule has 0 unspecified atom stereocenters. The van der Waals surface area contributed by atoms with Crippen molar-refractivity contribution in [2.45, 2.75) is 76.7 Å². The Morgan fingerprint density at radius 1 is 0.893 bits per heavy atom. The van der Waals surface area contributed by atoms with Crippen LogP contribution in [0.15, 0.2) is 24.3 Å². The quantitative estimate of drug-likeness (QED) is 0.840. The lowest BCUT2D eigenvalue weighted by molar-refractivity contribution is -0.140. The predicted octanol–water partition coefficient (Wildman–Crippen LogP) is 4.39. The van der Waals surface area contributed by atoms with Gasteiger partial charge < -0.3 is 10.2 Å². The van der Waals surface area contributed by atoms with Gasteiger partial charge in [0, 0.05) is 24.9 Å². The summed E-state index contributed by atoms with van der Waals surface area (Å²) in [5.41, 5.74) is 2.55. The van der Waals surface area contributed by atoms with Crippen molar-refractivity contribution in [1.29, 1.82) is 0 Å². The number of benzene rings is 1. The minimum absolute atomic E-state index is 0.0214. The normalized spacial score (nSPS) is 23.9. The molecule has 2 fully saturated rings. The summed E-state index contributed by atoms with van der Waals surface area (Å²) in [6.07, 6.45) is 12.2. The van der Waals surface area contributed by atoms with E-state index >= 15 is 0 Å². The molecule has 0 aromatic heterocycles. The van der Waals surface area contributed by atoms with E-state index in [4.69, 9.17) is 0 Å². The summed E-state index contributed by atoms with van der Waals surface area (Å²) in [6.45, 7) is 1.32. The Balaban J connectivity index is 1.49. The average molecular weight is 383 g/mol. The third-order valence-corrected chi connectivity index (χ3v) is 7.10. The van der Waals surface area contributed by atoms with Crippen molar-refractivity contribution < 1.29 is 9.59 Å². The predicted molar refractivity (Wildman–Crippen MR) is 111 cm³/mol. The Labute approximate surface area is 169 Å². The second kappa shape index (κ2) is 9.11. The summed E-state index contributed by atoms with van der Waals surface area (Å²) < 4.78 is 0. The van der Waals surface area contributed by atoms with Crippen molar-refractivity contribution >= 4 is 11.8 Å². The molecular weight excluding hydrogens is 348 g/mol. The van der Waals surface area contributed by atoms with Gasteiger partial charge in [0.2, 0.25) is 11.8 Å². The zero-order valence-electron chi connectivity index (χ0n) is 17.0. The van der Waals surface area contributed by atoms with Crippen LogP contribution >= 0.6 is 0 Å². The molecule has 1 aromatic rings. The highest BCUT2D eigenvalue weighted by Gasteiger charge is 2.35. The molecule has 2 amide bonds. The Bertz CT molecular complexity index is 690. The van der Waals surface area contributed by atoms with Crippen LogP contribution in [0.5, 0.6) is 0 Å². The van der Waals surface area contributed by atoms with Crippen molar-refractivity contribution in [1.82, 2.24) is 10.2 Å². The molecule has 2 aliphatic carbocycles. The van der Waals surface area contributed by atoms with Crippen LogP contribution in [0.4, 0.5) is 0 Å². The number of fused-ring (bicyclic) bond motifs is 1. The highest BCUT2D eigenvalue weighted by molar-refractivity contribution is 5.81. The molecule has 1 N–H and O–H groups in total. The molecular formula is C24H34N2O2. The number of carbonyl (C=O) groups excluding carboxylic acids is 2. The number of amides is 2. The highest BCUT2D eigenvalue weighted by Crippen LogP contribution is 2.34. The molecule has 1 aromatic carbocycles. The number of nitrogens with one attached hydrogen (secondary N) is 1. The average Bonchev–Trinajstić information content (AvgIpc) is 2.77. The summed E-state index contributed by atoms with van der Waals surface area (Å²) >= 11 is 0. The lowest BCUT2D eigenvalue weighted by Crippen LogP contribution is -2.48. The van der Waals surface area contributed by atoms with Crippen molar-refractivity contribution in [3.8, 4) is 0 Å². The van der Waals surface area contributed by atoms with Gasteiger partial charge in [-0.15, -0.1) is 0 Å². The zero-order chi connectivity index (χ0) is 19.3. The lowest BCUT2D eigenvalue weighted by atomic mass is 9.85. The summed E-state index contributed by atoms with van der Waals surface area (Å²) in [7, 11) is 0. The van der Waals surface area contributed by atoms with Crippen LogP contribution < -0.4 is 5.32 Å². The summed E-state index contributed by atoms with van der Waals surface area (Å²) in [5.74, 6) is 0.838. The Hall–Kier alpha value is -1.84. The van der Waals surface area contributed by atoms with Crippen molar-refractivity contribution in [2.75, 3.05) is 13.1 Å². The van der Waals surface area contributed by atoms with Crippen LogP contribution in [0.2, 0.25) is 0 Å². The van der Waals surface area contributed by atoms with Gasteiger partial charge in [-0.2, -0.15) is 0 Å². The Morgan fingerprint density at radius 3 is 2.25 bits per heavy atom. The summed E-state index contributed by atoms with van der Waals surface area (Å²) in [5, 5.41) is 3.22. The molecule has 1 atom stereocenters. The lowest BCUT2D eigenvalue weighted by Gasteiger charge is -2.40. The van der Waals surface area contributed by atoms with Crippen LogP contribution in [0.3, 0.4) is 0 Å². The standard InChI is InChI=1S/C24H34N2O2/c27-23(19-10-3-1-4-11-19)25-17-22-21-14-8-7-9-18(21)15-16-26(22)24(28)20-12-5-2-6-13-20/h7-9,14,19-20,22H,1-6,10-13,15-17H2,(H,25,27)/t22-/m1/s1. The molecule has 28 heavy (non-hydrogen) atoms. The summed E-state index contributed by atoms with van der Waals surface area (Å²) in [4.78, 5) is 28.1. The van der Waals surface area contributed by atoms with Gasteiger partial charge in [0.1, 0.15) is 0 Å². The molecule has 4 heteroatoms. The van der Waals surface area contributed by atoms with Crippen LogP contribution in [-0.4, -0.2) is 29.8 Å². The van der Waals surface area contributed by atoms with E-state index in [0.717, 1.165) is 51.5 Å². The first-order valence-corrected chi connectivity index (χ1v) is 11.4. The van der Waals surface area contributed by atoms with Gasteiger partial charge in [0.15, 0.2) is 0 Å². The van der Waals surface area contributed by atoms with Crippen molar-refractivity contribution in [2.24, 2.45) is 11.8 Å². The molecule has 3 aliphatic rings. The van der Waals surface area contributed by atoms with E-state index in [-0.39, 0.29) is 23.8 Å². The second-order valence-corrected chi connectivity index (χ2v) is 8.91. The van der Waals surface area contributed by atoms with E-state index in [1.807, 2.05) is 0 Å². The molecule has 2 saturated carbocycles. The van der Waals surface area contributed by atoms with Gasteiger partial charge >= 0.3 is 0 Å². The molecule has 152 valence electrons. The Kier molecular flexibility index (Phi) is 6.33. The molecule has 0 spiro atoms. The van der Waals surface area contributed by atoms with Crippen LogP contribution in [0.1, 0.15) is 81.4 Å². The van der Waals surface area contributed by atoms with Crippen molar-refractivity contribution in [3.05, 3.63) is 35.4 Å². The fourth-order valence-corrected chi connectivity index (χ4v) is 5.43. The molecule has 0 saturated heterocycles. The van der Waals surface area contributed by atoms with Crippen LogP contribution in [0, 0.1) is 11.8 Å². The summed E-state index contributed by atoms with van der Waals surface area (Å²) in [6, 6.07) is 8.44. The first-order valence-electron chi connectivity index (χ1n) is 11.4. The molecule has 4 rings (SSSR count). The fraction of sp³-hybridized carbons (Fsp3) is 0.667. The first kappa shape index (κ1) is 19.5. The first-order chi connectivity index (χ1) is 13.7. The number of hydrogen-bond donors (Lipinski definition) is 1.